The highest BCUT2D eigenvalue weighted by atomic mass is 16.4. The summed E-state index contributed by atoms with van der Waals surface area (Å²) in [6, 6.07) is 5.80. The van der Waals surface area contributed by atoms with Gasteiger partial charge in [-0.05, 0) is 47.9 Å². The van der Waals surface area contributed by atoms with Gasteiger partial charge in [0.05, 0.1) is 12.5 Å². The molecule has 0 bridgehead atoms. The van der Waals surface area contributed by atoms with Crippen molar-refractivity contribution in [3.8, 4) is 11.4 Å². The van der Waals surface area contributed by atoms with E-state index in [9.17, 15) is 4.79 Å². The van der Waals surface area contributed by atoms with Crippen molar-refractivity contribution >= 4 is 5.97 Å². The van der Waals surface area contributed by atoms with Gasteiger partial charge in [-0.25, -0.2) is 4.68 Å². The molecule has 2 aromatic rings. The van der Waals surface area contributed by atoms with E-state index in [1.54, 1.807) is 4.68 Å². The number of carboxylic acid groups (broad SMARTS) is 1. The van der Waals surface area contributed by atoms with Crippen molar-refractivity contribution in [2.45, 2.75) is 46.1 Å². The van der Waals surface area contributed by atoms with Crippen LogP contribution in [0.1, 0.15) is 43.4 Å². The first-order valence-electron chi connectivity index (χ1n) is 7.10. The van der Waals surface area contributed by atoms with Crippen molar-refractivity contribution in [2.24, 2.45) is 0 Å². The summed E-state index contributed by atoms with van der Waals surface area (Å²) in [5, 5.41) is 20.9. The van der Waals surface area contributed by atoms with Gasteiger partial charge in [0.25, 0.3) is 0 Å². The highest BCUT2D eigenvalue weighted by Crippen LogP contribution is 2.25. The van der Waals surface area contributed by atoms with Crippen molar-refractivity contribution in [1.29, 1.82) is 0 Å². The van der Waals surface area contributed by atoms with E-state index in [1.807, 2.05) is 39.0 Å². The van der Waals surface area contributed by atoms with Gasteiger partial charge in [0, 0.05) is 5.56 Å². The third-order valence-corrected chi connectivity index (χ3v) is 3.64. The van der Waals surface area contributed by atoms with Crippen molar-refractivity contribution in [2.75, 3.05) is 0 Å². The Hall–Kier alpha value is -2.24. The number of nitrogens with zero attached hydrogens (tertiary/aromatic N) is 4. The van der Waals surface area contributed by atoms with E-state index in [0.29, 0.717) is 5.82 Å². The minimum atomic E-state index is -0.838. The van der Waals surface area contributed by atoms with E-state index >= 15 is 0 Å². The molecule has 6 nitrogen and oxygen atoms in total. The van der Waals surface area contributed by atoms with Crippen LogP contribution in [0.15, 0.2) is 18.2 Å². The number of tetrazole rings is 1. The number of aromatic nitrogens is 4. The maximum Gasteiger partial charge on any atom is 0.305 e. The van der Waals surface area contributed by atoms with Gasteiger partial charge >= 0.3 is 5.97 Å². The average Bonchev–Trinajstić information content (AvgIpc) is 2.90. The van der Waals surface area contributed by atoms with Crippen LogP contribution in [0.4, 0.5) is 0 Å². The van der Waals surface area contributed by atoms with Crippen molar-refractivity contribution < 1.29 is 9.90 Å². The van der Waals surface area contributed by atoms with Crippen LogP contribution in [0, 0.1) is 13.8 Å². The molecule has 0 spiro atoms. The van der Waals surface area contributed by atoms with E-state index in [4.69, 9.17) is 5.11 Å². The Morgan fingerprint density at radius 1 is 1.33 bits per heavy atom. The van der Waals surface area contributed by atoms with Crippen molar-refractivity contribution in [1.82, 2.24) is 20.2 Å². The molecule has 2 rings (SSSR count). The summed E-state index contributed by atoms with van der Waals surface area (Å²) >= 11 is 0. The average molecular weight is 288 g/mol. The molecule has 0 aliphatic heterocycles. The Balaban J connectivity index is 2.39. The van der Waals surface area contributed by atoms with E-state index in [-0.39, 0.29) is 12.5 Å². The van der Waals surface area contributed by atoms with E-state index < -0.39 is 5.97 Å². The predicted molar refractivity (Wildman–Crippen MR) is 78.9 cm³/mol. The molecule has 1 aromatic carbocycles. The van der Waals surface area contributed by atoms with Crippen LogP contribution in [-0.2, 0) is 4.79 Å². The molecule has 0 saturated heterocycles. The molecule has 0 fully saturated rings. The first-order valence-corrected chi connectivity index (χ1v) is 7.10. The molecule has 1 atom stereocenters. The zero-order valence-electron chi connectivity index (χ0n) is 12.6. The van der Waals surface area contributed by atoms with Crippen LogP contribution in [0.2, 0.25) is 0 Å². The van der Waals surface area contributed by atoms with Crippen LogP contribution < -0.4 is 0 Å². The molecule has 0 amide bonds. The SMILES string of the molecule is CCCC(CC(=O)O)n1nnnc1-c1ccc(C)c(C)c1. The van der Waals surface area contributed by atoms with Crippen LogP contribution in [0.5, 0.6) is 0 Å². The molecule has 1 N–H and O–H groups in total. The summed E-state index contributed by atoms with van der Waals surface area (Å²) in [5.41, 5.74) is 3.27. The Bertz CT molecular complexity index is 636. The lowest BCUT2D eigenvalue weighted by Gasteiger charge is -2.16. The number of aliphatic carboxylic acids is 1. The van der Waals surface area contributed by atoms with Crippen molar-refractivity contribution in [3.63, 3.8) is 0 Å². The van der Waals surface area contributed by atoms with Crippen LogP contribution in [0.3, 0.4) is 0 Å². The van der Waals surface area contributed by atoms with Gasteiger partial charge in [-0.2, -0.15) is 0 Å². The largest absolute Gasteiger partial charge is 0.481 e. The fourth-order valence-electron chi connectivity index (χ4n) is 2.36. The lowest BCUT2D eigenvalue weighted by atomic mass is 10.0. The van der Waals surface area contributed by atoms with Gasteiger partial charge < -0.3 is 5.11 Å². The summed E-state index contributed by atoms with van der Waals surface area (Å²) in [7, 11) is 0. The topological polar surface area (TPSA) is 80.9 Å². The second-order valence-electron chi connectivity index (χ2n) is 5.29. The van der Waals surface area contributed by atoms with Crippen LogP contribution >= 0.6 is 0 Å². The minimum absolute atomic E-state index is 0.0245. The van der Waals surface area contributed by atoms with E-state index in [0.717, 1.165) is 24.0 Å². The fraction of sp³-hybridized carbons (Fsp3) is 0.467. The van der Waals surface area contributed by atoms with E-state index in [2.05, 4.69) is 15.5 Å². The first kappa shape index (κ1) is 15.2. The molecule has 112 valence electrons. The van der Waals surface area contributed by atoms with Crippen LogP contribution in [-0.4, -0.2) is 31.3 Å². The Morgan fingerprint density at radius 3 is 2.71 bits per heavy atom. The number of aryl methyl sites for hydroxylation is 2. The molecule has 1 aromatic heterocycles. The number of hydrogen-bond donors (Lipinski definition) is 1. The molecule has 6 heteroatoms. The molecule has 0 radical (unpaired) electrons. The second-order valence-corrected chi connectivity index (χ2v) is 5.29. The molecular formula is C15H20N4O2. The van der Waals surface area contributed by atoms with Gasteiger partial charge in [0.15, 0.2) is 5.82 Å². The number of carboxylic acids is 1. The maximum atomic E-state index is 11.0. The van der Waals surface area contributed by atoms with Crippen LogP contribution in [0.25, 0.3) is 11.4 Å². The number of hydrogen-bond acceptors (Lipinski definition) is 4. The number of carbonyl (C=O) groups is 1. The Labute approximate surface area is 123 Å². The lowest BCUT2D eigenvalue weighted by Crippen LogP contribution is -2.16. The number of benzene rings is 1. The molecular weight excluding hydrogens is 268 g/mol. The van der Waals surface area contributed by atoms with Gasteiger partial charge in [0.2, 0.25) is 0 Å². The summed E-state index contributed by atoms with van der Waals surface area (Å²) in [6.07, 6.45) is 1.63. The Kier molecular flexibility index (Phi) is 4.67. The molecule has 21 heavy (non-hydrogen) atoms. The summed E-state index contributed by atoms with van der Waals surface area (Å²) in [4.78, 5) is 11.0. The smallest absolute Gasteiger partial charge is 0.305 e. The zero-order valence-corrected chi connectivity index (χ0v) is 12.6. The normalized spacial score (nSPS) is 12.3. The lowest BCUT2D eigenvalue weighted by molar-refractivity contribution is -0.138. The minimum Gasteiger partial charge on any atom is -0.481 e. The molecule has 0 aliphatic carbocycles. The second kappa shape index (κ2) is 6.47. The summed E-state index contributed by atoms with van der Waals surface area (Å²) in [5.74, 6) is -0.215. The highest BCUT2D eigenvalue weighted by Gasteiger charge is 2.20. The first-order chi connectivity index (χ1) is 10.0. The van der Waals surface area contributed by atoms with Gasteiger partial charge in [-0.1, -0.05) is 25.5 Å². The molecule has 0 saturated carbocycles. The Morgan fingerprint density at radius 2 is 2.10 bits per heavy atom. The fourth-order valence-corrected chi connectivity index (χ4v) is 2.36. The van der Waals surface area contributed by atoms with Crippen molar-refractivity contribution in [3.05, 3.63) is 29.3 Å². The third-order valence-electron chi connectivity index (χ3n) is 3.64. The zero-order chi connectivity index (χ0) is 15.4. The summed E-state index contributed by atoms with van der Waals surface area (Å²) < 4.78 is 1.64. The number of rotatable bonds is 6. The molecule has 0 aliphatic rings. The molecule has 1 unspecified atom stereocenters. The summed E-state index contributed by atoms with van der Waals surface area (Å²) in [6.45, 7) is 6.11. The standard InChI is InChI=1S/C15H20N4O2/c1-4-5-13(9-14(20)21)19-15(16-17-18-19)12-7-6-10(2)11(3)8-12/h6-8,13H,4-5,9H2,1-3H3,(H,20,21). The molecule has 1 heterocycles. The highest BCUT2D eigenvalue weighted by molar-refractivity contribution is 5.67. The quantitative estimate of drug-likeness (QED) is 0.884. The monoisotopic (exact) mass is 288 g/mol. The van der Waals surface area contributed by atoms with Gasteiger partial charge in [-0.3, -0.25) is 4.79 Å². The predicted octanol–water partition coefficient (Wildman–Crippen LogP) is 2.77. The maximum absolute atomic E-state index is 11.0. The van der Waals surface area contributed by atoms with Gasteiger partial charge in [0.1, 0.15) is 0 Å². The van der Waals surface area contributed by atoms with Gasteiger partial charge in [-0.15, -0.1) is 5.10 Å². The van der Waals surface area contributed by atoms with E-state index in [1.165, 1.54) is 5.56 Å². The third kappa shape index (κ3) is 3.45.